The summed E-state index contributed by atoms with van der Waals surface area (Å²) < 4.78 is 5.28. The molecule has 1 heterocycles. The van der Waals surface area contributed by atoms with Gasteiger partial charge in [0.15, 0.2) is 5.82 Å². The second kappa shape index (κ2) is 7.79. The maximum absolute atomic E-state index is 5.78. The van der Waals surface area contributed by atoms with E-state index in [1.807, 2.05) is 11.8 Å². The molecule has 0 spiro atoms. The van der Waals surface area contributed by atoms with Crippen LogP contribution in [-0.4, -0.2) is 21.9 Å². The largest absolute Gasteiger partial charge is 0.339 e. The van der Waals surface area contributed by atoms with E-state index < -0.39 is 0 Å². The summed E-state index contributed by atoms with van der Waals surface area (Å²) in [5.41, 5.74) is 5.78. The minimum Gasteiger partial charge on any atom is -0.339 e. The molecule has 0 aliphatic heterocycles. The Morgan fingerprint density at radius 1 is 1.28 bits per heavy atom. The Balaban J connectivity index is 2.46. The first kappa shape index (κ1) is 15.5. The lowest BCUT2D eigenvalue weighted by Gasteiger charge is -2.14. The van der Waals surface area contributed by atoms with Crippen molar-refractivity contribution in [3.8, 4) is 0 Å². The number of rotatable bonds is 8. The molecule has 5 heteroatoms. The van der Waals surface area contributed by atoms with Crippen molar-refractivity contribution in [2.45, 2.75) is 51.5 Å². The number of hydrogen-bond donors (Lipinski definition) is 1. The molecule has 0 saturated heterocycles. The molecule has 2 N–H and O–H groups in total. The van der Waals surface area contributed by atoms with Gasteiger partial charge in [-0.2, -0.15) is 16.7 Å². The molecule has 0 aliphatic carbocycles. The lowest BCUT2D eigenvalue weighted by atomic mass is 9.94. The number of aromatic nitrogens is 2. The molecule has 18 heavy (non-hydrogen) atoms. The summed E-state index contributed by atoms with van der Waals surface area (Å²) in [7, 11) is 0. The Morgan fingerprint density at radius 3 is 2.56 bits per heavy atom. The summed E-state index contributed by atoms with van der Waals surface area (Å²) in [5, 5.41) is 4.59. The van der Waals surface area contributed by atoms with Crippen molar-refractivity contribution >= 4 is 11.8 Å². The molecule has 1 rings (SSSR count). The zero-order chi connectivity index (χ0) is 13.5. The van der Waals surface area contributed by atoms with Gasteiger partial charge in [0, 0.05) is 6.42 Å². The van der Waals surface area contributed by atoms with Gasteiger partial charge in [0.1, 0.15) is 0 Å². The first-order valence-electron chi connectivity index (χ1n) is 6.64. The molecule has 0 saturated carbocycles. The molecule has 0 amide bonds. The van der Waals surface area contributed by atoms with Gasteiger partial charge in [-0.05, 0) is 30.1 Å². The Kier molecular flexibility index (Phi) is 6.71. The van der Waals surface area contributed by atoms with Gasteiger partial charge in [0.25, 0.3) is 0 Å². The van der Waals surface area contributed by atoms with Crippen LogP contribution in [0.1, 0.15) is 45.8 Å². The van der Waals surface area contributed by atoms with Crippen LogP contribution in [0.2, 0.25) is 0 Å². The zero-order valence-electron chi connectivity index (χ0n) is 11.8. The van der Waals surface area contributed by atoms with Crippen LogP contribution < -0.4 is 5.73 Å². The summed E-state index contributed by atoms with van der Waals surface area (Å²) in [6, 6.07) is 0. The predicted molar refractivity (Wildman–Crippen MR) is 76.4 cm³/mol. The van der Waals surface area contributed by atoms with Gasteiger partial charge < -0.3 is 10.3 Å². The Labute approximate surface area is 114 Å². The molecule has 1 aromatic rings. The maximum Gasteiger partial charge on any atom is 0.226 e. The minimum atomic E-state index is 0.441. The van der Waals surface area contributed by atoms with Crippen molar-refractivity contribution in [2.24, 2.45) is 17.6 Å². The average molecular weight is 271 g/mol. The molecule has 0 bridgehead atoms. The van der Waals surface area contributed by atoms with Crippen molar-refractivity contribution in [1.82, 2.24) is 10.1 Å². The molecule has 0 aromatic carbocycles. The molecule has 0 fully saturated rings. The zero-order valence-corrected chi connectivity index (χ0v) is 12.7. The van der Waals surface area contributed by atoms with Crippen LogP contribution in [0.5, 0.6) is 0 Å². The third-order valence-corrected chi connectivity index (χ3v) is 3.75. The number of thioether (sulfide) groups is 1. The van der Waals surface area contributed by atoms with Gasteiger partial charge in [-0.1, -0.05) is 32.9 Å². The fourth-order valence-electron chi connectivity index (χ4n) is 1.85. The fraction of sp³-hybridized carbons (Fsp3) is 0.846. The standard InChI is InChI=1S/C13H25N3OS/c1-9(2)5-11(7-14)6-13-15-12(16-17-13)8-18-10(3)4/h9-11H,5-8,14H2,1-4H3/t11-/m0/s1. The summed E-state index contributed by atoms with van der Waals surface area (Å²) in [4.78, 5) is 4.42. The molecular weight excluding hydrogens is 246 g/mol. The van der Waals surface area contributed by atoms with Crippen LogP contribution >= 0.6 is 11.8 Å². The van der Waals surface area contributed by atoms with Crippen LogP contribution in [0.25, 0.3) is 0 Å². The molecule has 1 aromatic heterocycles. The van der Waals surface area contributed by atoms with Crippen LogP contribution in [0, 0.1) is 11.8 Å². The van der Waals surface area contributed by atoms with Crippen LogP contribution in [0.3, 0.4) is 0 Å². The van der Waals surface area contributed by atoms with Crippen molar-refractivity contribution in [3.63, 3.8) is 0 Å². The van der Waals surface area contributed by atoms with Crippen molar-refractivity contribution in [2.75, 3.05) is 6.54 Å². The van der Waals surface area contributed by atoms with Gasteiger partial charge >= 0.3 is 0 Å². The molecule has 104 valence electrons. The quantitative estimate of drug-likeness (QED) is 0.787. The van der Waals surface area contributed by atoms with Crippen LogP contribution in [0.4, 0.5) is 0 Å². The van der Waals surface area contributed by atoms with E-state index in [1.54, 1.807) is 0 Å². The highest BCUT2D eigenvalue weighted by molar-refractivity contribution is 7.99. The topological polar surface area (TPSA) is 64.9 Å². The number of nitrogens with two attached hydrogens (primary N) is 1. The van der Waals surface area contributed by atoms with Crippen molar-refractivity contribution in [3.05, 3.63) is 11.7 Å². The molecular formula is C13H25N3OS. The minimum absolute atomic E-state index is 0.441. The van der Waals surface area contributed by atoms with Gasteiger partial charge in [0.2, 0.25) is 5.89 Å². The average Bonchev–Trinajstić information content (AvgIpc) is 2.72. The molecule has 0 aliphatic rings. The summed E-state index contributed by atoms with van der Waals surface area (Å²) in [6.07, 6.45) is 1.91. The van der Waals surface area contributed by atoms with E-state index >= 15 is 0 Å². The second-order valence-corrected chi connectivity index (χ2v) is 6.96. The highest BCUT2D eigenvalue weighted by Gasteiger charge is 2.15. The molecule has 0 unspecified atom stereocenters. The van der Waals surface area contributed by atoms with E-state index in [1.165, 1.54) is 0 Å². The number of nitrogens with zero attached hydrogens (tertiary/aromatic N) is 2. The lowest BCUT2D eigenvalue weighted by Crippen LogP contribution is -2.19. The lowest BCUT2D eigenvalue weighted by molar-refractivity contribution is 0.330. The van der Waals surface area contributed by atoms with Gasteiger partial charge in [0.05, 0.1) is 5.75 Å². The molecule has 4 nitrogen and oxygen atoms in total. The van der Waals surface area contributed by atoms with E-state index in [4.69, 9.17) is 10.3 Å². The van der Waals surface area contributed by atoms with Crippen LogP contribution in [0.15, 0.2) is 4.52 Å². The first-order chi connectivity index (χ1) is 8.51. The summed E-state index contributed by atoms with van der Waals surface area (Å²) in [5.74, 6) is 3.43. The normalized spacial score (nSPS) is 13.5. The summed E-state index contributed by atoms with van der Waals surface area (Å²) in [6.45, 7) is 9.43. The van der Waals surface area contributed by atoms with Crippen molar-refractivity contribution in [1.29, 1.82) is 0 Å². The SMILES string of the molecule is CC(C)C[C@H](CN)Cc1nc(CSC(C)C)no1. The van der Waals surface area contributed by atoms with Gasteiger partial charge in [-0.15, -0.1) is 0 Å². The van der Waals surface area contributed by atoms with Gasteiger partial charge in [-0.3, -0.25) is 0 Å². The summed E-state index contributed by atoms with van der Waals surface area (Å²) >= 11 is 1.82. The predicted octanol–water partition coefficient (Wildman–Crippen LogP) is 2.87. The van der Waals surface area contributed by atoms with E-state index in [0.717, 1.165) is 30.3 Å². The third kappa shape index (κ3) is 5.87. The van der Waals surface area contributed by atoms with Crippen molar-refractivity contribution < 1.29 is 4.52 Å². The first-order valence-corrected chi connectivity index (χ1v) is 7.69. The van der Waals surface area contributed by atoms with Gasteiger partial charge in [-0.25, -0.2) is 0 Å². The van der Waals surface area contributed by atoms with E-state index in [9.17, 15) is 0 Å². The monoisotopic (exact) mass is 271 g/mol. The highest BCUT2D eigenvalue weighted by Crippen LogP contribution is 2.18. The van der Waals surface area contributed by atoms with E-state index in [-0.39, 0.29) is 0 Å². The Morgan fingerprint density at radius 2 is 2.00 bits per heavy atom. The van der Waals surface area contributed by atoms with E-state index in [2.05, 4.69) is 37.8 Å². The van der Waals surface area contributed by atoms with E-state index in [0.29, 0.717) is 23.6 Å². The smallest absolute Gasteiger partial charge is 0.226 e. The fourth-order valence-corrected chi connectivity index (χ4v) is 2.45. The van der Waals surface area contributed by atoms with Crippen LogP contribution in [-0.2, 0) is 12.2 Å². The molecule has 0 radical (unpaired) electrons. The third-order valence-electron chi connectivity index (χ3n) is 2.66. The Bertz CT molecular complexity index is 339. The number of hydrogen-bond acceptors (Lipinski definition) is 5. The second-order valence-electron chi connectivity index (χ2n) is 5.40. The molecule has 1 atom stereocenters. The highest BCUT2D eigenvalue weighted by atomic mass is 32.2. The Hall–Kier alpha value is -0.550. The maximum atomic E-state index is 5.78.